The maximum absolute atomic E-state index is 15.1. The fraction of sp³-hybridized carbons (Fsp3) is 0.516. The van der Waals surface area contributed by atoms with Crippen molar-refractivity contribution >= 4 is 17.7 Å². The first-order chi connectivity index (χ1) is 22.7. The van der Waals surface area contributed by atoms with Crippen molar-refractivity contribution in [3.63, 3.8) is 0 Å². The summed E-state index contributed by atoms with van der Waals surface area (Å²) in [6.45, 7) is 3.34. The Morgan fingerprint density at radius 2 is 1.69 bits per heavy atom. The summed E-state index contributed by atoms with van der Waals surface area (Å²) >= 11 is 0. The van der Waals surface area contributed by atoms with Crippen LogP contribution in [-0.4, -0.2) is 62.4 Å². The lowest BCUT2D eigenvalue weighted by molar-refractivity contribution is -0.300. The van der Waals surface area contributed by atoms with Gasteiger partial charge in [-0.2, -0.15) is 26.3 Å². The van der Waals surface area contributed by atoms with E-state index in [-0.39, 0.29) is 12.8 Å². The molecule has 1 fully saturated rings. The Morgan fingerprint density at radius 1 is 1.02 bits per heavy atom. The van der Waals surface area contributed by atoms with Crippen molar-refractivity contribution in [2.75, 3.05) is 11.9 Å². The number of amides is 2. The van der Waals surface area contributed by atoms with Gasteiger partial charge in [-0.05, 0) is 51.7 Å². The van der Waals surface area contributed by atoms with E-state index in [1.54, 1.807) is 18.2 Å². The monoisotopic (exact) mass is 705 g/mol. The number of aromatic nitrogens is 3. The van der Waals surface area contributed by atoms with Gasteiger partial charge in [0.1, 0.15) is 11.3 Å². The van der Waals surface area contributed by atoms with Gasteiger partial charge in [-0.3, -0.25) is 10.1 Å². The summed E-state index contributed by atoms with van der Waals surface area (Å²) in [4.78, 5) is 31.1. The van der Waals surface area contributed by atoms with Gasteiger partial charge in [0, 0.05) is 25.4 Å². The average Bonchev–Trinajstić information content (AvgIpc) is 3.45. The molecule has 2 aliphatic rings. The SMILES string of the molecule is CC(C)(C)OC(=O)Nc1cc(C(F)(F)F)c2nc1-c1nnc(o1)C(OCc1ccccc1)(C(F)(F)F)CCCCN(C1CC(F)(F)C1)C2=O. The largest absolute Gasteiger partial charge is 0.444 e. The van der Waals surface area contributed by atoms with Gasteiger partial charge in [-0.1, -0.05) is 30.3 Å². The van der Waals surface area contributed by atoms with Gasteiger partial charge in [0.05, 0.1) is 17.9 Å². The second kappa shape index (κ2) is 12.8. The zero-order valence-electron chi connectivity index (χ0n) is 26.3. The number of carbonyl (C=O) groups is 2. The van der Waals surface area contributed by atoms with Crippen LogP contribution in [0.25, 0.3) is 11.6 Å². The highest BCUT2D eigenvalue weighted by Gasteiger charge is 2.61. The van der Waals surface area contributed by atoms with E-state index >= 15 is 13.2 Å². The van der Waals surface area contributed by atoms with Crippen LogP contribution in [0.2, 0.25) is 0 Å². The summed E-state index contributed by atoms with van der Waals surface area (Å²) in [5.74, 6) is -6.62. The van der Waals surface area contributed by atoms with Gasteiger partial charge >= 0.3 is 18.4 Å². The first-order valence-electron chi connectivity index (χ1n) is 15.1. The molecule has 1 aliphatic heterocycles. The Bertz CT molecular complexity index is 1680. The normalized spacial score (nSPS) is 20.5. The van der Waals surface area contributed by atoms with Gasteiger partial charge in [-0.25, -0.2) is 18.6 Å². The van der Waals surface area contributed by atoms with Crippen molar-refractivity contribution in [1.82, 2.24) is 20.1 Å². The fourth-order valence-electron chi connectivity index (χ4n) is 5.50. The highest BCUT2D eigenvalue weighted by molar-refractivity contribution is 5.97. The van der Waals surface area contributed by atoms with Crippen LogP contribution in [0.5, 0.6) is 0 Å². The molecule has 0 saturated heterocycles. The molecule has 0 radical (unpaired) electrons. The maximum Gasteiger partial charge on any atom is 0.426 e. The number of anilines is 1. The lowest BCUT2D eigenvalue weighted by Crippen LogP contribution is -2.53. The summed E-state index contributed by atoms with van der Waals surface area (Å²) in [5, 5.41) is 9.27. The van der Waals surface area contributed by atoms with Gasteiger partial charge in [0.25, 0.3) is 23.6 Å². The van der Waals surface area contributed by atoms with E-state index in [1.807, 2.05) is 0 Å². The number of hydrogen-bond acceptors (Lipinski definition) is 8. The molecule has 1 saturated carbocycles. The molecule has 0 spiro atoms. The van der Waals surface area contributed by atoms with Crippen LogP contribution < -0.4 is 5.32 Å². The second-order valence-corrected chi connectivity index (χ2v) is 12.8. The van der Waals surface area contributed by atoms with Crippen molar-refractivity contribution in [2.24, 2.45) is 0 Å². The minimum atomic E-state index is -5.28. The number of rotatable bonds is 5. The minimum Gasteiger partial charge on any atom is -0.444 e. The molecule has 49 heavy (non-hydrogen) atoms. The fourth-order valence-corrected chi connectivity index (χ4v) is 5.50. The molecular formula is C31H31F8N5O5. The number of benzene rings is 1. The number of nitrogens with one attached hydrogen (secondary N) is 1. The van der Waals surface area contributed by atoms with Crippen molar-refractivity contribution in [2.45, 2.75) is 95.0 Å². The van der Waals surface area contributed by atoms with Crippen LogP contribution in [0.4, 0.5) is 45.6 Å². The van der Waals surface area contributed by atoms with E-state index < -0.39 is 114 Å². The zero-order valence-corrected chi connectivity index (χ0v) is 26.3. The van der Waals surface area contributed by atoms with E-state index in [9.17, 15) is 31.5 Å². The van der Waals surface area contributed by atoms with Gasteiger partial charge in [0.15, 0.2) is 5.69 Å². The van der Waals surface area contributed by atoms with Crippen LogP contribution in [0.15, 0.2) is 40.8 Å². The van der Waals surface area contributed by atoms with E-state index in [0.29, 0.717) is 11.6 Å². The molecule has 1 unspecified atom stereocenters. The third-order valence-corrected chi connectivity index (χ3v) is 7.87. The standard InChI is InChI=1S/C31H31F8N5O5/c1-27(2,3)49-26(46)40-20-13-19(30(34,35)36)21-24(45)44(18-14-28(32,33)15-18)12-8-7-11-29(31(37,38)39,47-16-17-9-5-4-6-10-17)25-43-42-23(48-25)22(20)41-21/h4-6,9-10,13,18H,7-8,11-12,14-16H2,1-3H3,(H,40,46). The van der Waals surface area contributed by atoms with Crippen LogP contribution in [0.1, 0.15) is 80.4 Å². The lowest BCUT2D eigenvalue weighted by Gasteiger charge is -2.42. The molecule has 2 aromatic heterocycles. The van der Waals surface area contributed by atoms with Crippen molar-refractivity contribution in [3.05, 3.63) is 59.1 Å². The van der Waals surface area contributed by atoms with E-state index in [1.165, 1.54) is 32.9 Å². The van der Waals surface area contributed by atoms with Gasteiger partial charge in [-0.15, -0.1) is 10.2 Å². The third-order valence-electron chi connectivity index (χ3n) is 7.87. The minimum absolute atomic E-state index is 0.256. The molecule has 1 aromatic carbocycles. The summed E-state index contributed by atoms with van der Waals surface area (Å²) < 4.78 is 133. The summed E-state index contributed by atoms with van der Waals surface area (Å²) in [7, 11) is 0. The number of halogens is 8. The summed E-state index contributed by atoms with van der Waals surface area (Å²) in [6, 6.07) is 6.93. The molecule has 2 amide bonds. The molecular weight excluding hydrogens is 674 g/mol. The van der Waals surface area contributed by atoms with E-state index in [4.69, 9.17) is 13.9 Å². The zero-order chi connectivity index (χ0) is 36.0. The molecule has 1 N–H and O–H groups in total. The number of pyridine rings is 1. The Kier molecular flexibility index (Phi) is 9.42. The molecule has 3 heterocycles. The van der Waals surface area contributed by atoms with Crippen LogP contribution in [0.3, 0.4) is 0 Å². The third kappa shape index (κ3) is 7.78. The average molecular weight is 706 g/mol. The first kappa shape index (κ1) is 35.9. The Labute approximate surface area is 274 Å². The van der Waals surface area contributed by atoms with Crippen LogP contribution in [-0.2, 0) is 27.9 Å². The predicted octanol–water partition coefficient (Wildman–Crippen LogP) is 7.90. The maximum atomic E-state index is 15.1. The number of carbonyl (C=O) groups excluding carboxylic acids is 2. The number of fused-ring (bicyclic) bond motifs is 5. The summed E-state index contributed by atoms with van der Waals surface area (Å²) in [5.41, 5.74) is -8.57. The smallest absolute Gasteiger partial charge is 0.426 e. The number of alkyl halides is 8. The van der Waals surface area contributed by atoms with Gasteiger partial charge in [0.2, 0.25) is 5.60 Å². The van der Waals surface area contributed by atoms with Crippen molar-refractivity contribution in [1.29, 1.82) is 0 Å². The molecule has 18 heteroatoms. The van der Waals surface area contributed by atoms with Crippen molar-refractivity contribution in [3.8, 4) is 11.6 Å². The molecule has 1 aliphatic carbocycles. The predicted molar refractivity (Wildman–Crippen MR) is 154 cm³/mol. The van der Waals surface area contributed by atoms with Crippen molar-refractivity contribution < 1.29 is 58.6 Å². The molecule has 266 valence electrons. The Hall–Kier alpha value is -4.35. The van der Waals surface area contributed by atoms with Gasteiger partial charge < -0.3 is 18.8 Å². The molecule has 3 aromatic rings. The van der Waals surface area contributed by atoms with E-state index in [2.05, 4.69) is 20.5 Å². The van der Waals surface area contributed by atoms with Crippen LogP contribution >= 0.6 is 0 Å². The number of ether oxygens (including phenoxy) is 2. The van der Waals surface area contributed by atoms with E-state index in [0.717, 1.165) is 4.90 Å². The second-order valence-electron chi connectivity index (χ2n) is 12.8. The molecule has 5 rings (SSSR count). The quantitative estimate of drug-likeness (QED) is 0.266. The molecule has 10 nitrogen and oxygen atoms in total. The summed E-state index contributed by atoms with van der Waals surface area (Å²) in [6.07, 6.45) is -15.0. The highest BCUT2D eigenvalue weighted by Crippen LogP contribution is 2.48. The molecule has 4 bridgehead atoms. The lowest BCUT2D eigenvalue weighted by atomic mass is 9.86. The topological polar surface area (TPSA) is 120 Å². The Balaban J connectivity index is 1.70. The number of nitrogens with zero attached hydrogens (tertiary/aromatic N) is 4. The first-order valence-corrected chi connectivity index (χ1v) is 15.1. The number of hydrogen-bond donors (Lipinski definition) is 1. The van der Waals surface area contributed by atoms with Crippen LogP contribution in [0, 0.1) is 0 Å². The molecule has 1 atom stereocenters. The highest BCUT2D eigenvalue weighted by atomic mass is 19.4. The Morgan fingerprint density at radius 3 is 2.29 bits per heavy atom.